The predicted molar refractivity (Wildman–Crippen MR) is 138 cm³/mol. The quantitative estimate of drug-likeness (QED) is 0.354. The summed E-state index contributed by atoms with van der Waals surface area (Å²) in [7, 11) is 0. The standard InChI is InChI=1S/C27H23F2N5O2S/c1-15-4-7-20(29)11-23(15)34-16(2)10-22(32-34)25-17(3)31-27-33(26(25)36)21(14-37-27)12-24(35)30-13-18-5-8-19(28)9-6-18/h4-11,14H,12-13H2,1-3H3,(H,30,35). The number of benzene rings is 2. The lowest BCUT2D eigenvalue weighted by molar-refractivity contribution is -0.120. The minimum absolute atomic E-state index is 0.0266. The molecule has 0 radical (unpaired) electrons. The second-order valence-corrected chi connectivity index (χ2v) is 9.65. The van der Waals surface area contributed by atoms with E-state index in [-0.39, 0.29) is 36.1 Å². The molecule has 0 spiro atoms. The Bertz CT molecular complexity index is 1700. The summed E-state index contributed by atoms with van der Waals surface area (Å²) in [5.41, 5.74) is 4.36. The van der Waals surface area contributed by atoms with Crippen LogP contribution in [0, 0.1) is 32.4 Å². The van der Waals surface area contributed by atoms with Gasteiger partial charge in [-0.15, -0.1) is 11.3 Å². The lowest BCUT2D eigenvalue weighted by Crippen LogP contribution is -2.27. The van der Waals surface area contributed by atoms with E-state index in [4.69, 9.17) is 0 Å². The molecule has 1 N–H and O–H groups in total. The van der Waals surface area contributed by atoms with Crippen LogP contribution >= 0.6 is 11.3 Å². The average Bonchev–Trinajstić information content (AvgIpc) is 3.43. The molecule has 3 heterocycles. The summed E-state index contributed by atoms with van der Waals surface area (Å²) < 4.78 is 30.1. The zero-order valence-electron chi connectivity index (χ0n) is 20.4. The van der Waals surface area contributed by atoms with E-state index < -0.39 is 0 Å². The van der Waals surface area contributed by atoms with Gasteiger partial charge in [0.25, 0.3) is 5.56 Å². The van der Waals surface area contributed by atoms with Crippen LogP contribution in [0.5, 0.6) is 0 Å². The number of halogens is 2. The molecule has 0 aliphatic heterocycles. The maximum atomic E-state index is 13.9. The highest BCUT2D eigenvalue weighted by molar-refractivity contribution is 7.15. The van der Waals surface area contributed by atoms with Crippen LogP contribution in [0.1, 0.15) is 28.2 Å². The Morgan fingerprint density at radius 1 is 1.03 bits per heavy atom. The smallest absolute Gasteiger partial charge is 0.268 e. The number of carbonyl (C=O) groups is 1. The summed E-state index contributed by atoms with van der Waals surface area (Å²) >= 11 is 1.28. The van der Waals surface area contributed by atoms with E-state index in [0.29, 0.717) is 33.3 Å². The van der Waals surface area contributed by atoms with Crippen LogP contribution in [0.25, 0.3) is 21.9 Å². The van der Waals surface area contributed by atoms with Gasteiger partial charge >= 0.3 is 0 Å². The minimum Gasteiger partial charge on any atom is -0.352 e. The summed E-state index contributed by atoms with van der Waals surface area (Å²) in [5, 5.41) is 9.16. The van der Waals surface area contributed by atoms with Gasteiger partial charge in [-0.25, -0.2) is 18.4 Å². The molecule has 0 saturated carbocycles. The Hall–Kier alpha value is -4.18. The summed E-state index contributed by atoms with van der Waals surface area (Å²) in [6, 6.07) is 12.1. The number of thiazole rings is 1. The van der Waals surface area contributed by atoms with Crippen LogP contribution in [0.15, 0.2) is 58.7 Å². The number of hydrogen-bond acceptors (Lipinski definition) is 5. The van der Waals surface area contributed by atoms with Crippen molar-refractivity contribution < 1.29 is 13.6 Å². The lowest BCUT2D eigenvalue weighted by Gasteiger charge is -2.08. The number of hydrogen-bond donors (Lipinski definition) is 1. The number of carbonyl (C=O) groups excluding carboxylic acids is 1. The molecule has 5 rings (SSSR count). The number of aryl methyl sites for hydroxylation is 3. The Labute approximate surface area is 215 Å². The maximum Gasteiger partial charge on any atom is 0.268 e. The van der Waals surface area contributed by atoms with Gasteiger partial charge in [-0.3, -0.25) is 14.0 Å². The first-order chi connectivity index (χ1) is 17.7. The van der Waals surface area contributed by atoms with Gasteiger partial charge in [0, 0.05) is 23.3 Å². The second-order valence-electron chi connectivity index (χ2n) is 8.82. The molecule has 3 aromatic heterocycles. The fourth-order valence-corrected chi connectivity index (χ4v) is 5.13. The van der Waals surface area contributed by atoms with Gasteiger partial charge in [0.05, 0.1) is 23.4 Å². The molecule has 0 atom stereocenters. The molecule has 5 aromatic rings. The van der Waals surface area contributed by atoms with Gasteiger partial charge in [-0.2, -0.15) is 5.10 Å². The molecule has 0 aliphatic rings. The Morgan fingerprint density at radius 3 is 2.51 bits per heavy atom. The Balaban J connectivity index is 1.47. The van der Waals surface area contributed by atoms with Gasteiger partial charge in [-0.1, -0.05) is 18.2 Å². The number of fused-ring (bicyclic) bond motifs is 1. The third-order valence-electron chi connectivity index (χ3n) is 6.11. The molecular weight excluding hydrogens is 496 g/mol. The zero-order valence-corrected chi connectivity index (χ0v) is 21.2. The topological polar surface area (TPSA) is 81.3 Å². The van der Waals surface area contributed by atoms with Gasteiger partial charge in [-0.05, 0) is 62.2 Å². The van der Waals surface area contributed by atoms with E-state index in [1.165, 1.54) is 40.0 Å². The first-order valence-corrected chi connectivity index (χ1v) is 12.4. The summed E-state index contributed by atoms with van der Waals surface area (Å²) in [4.78, 5) is 31.4. The molecule has 0 fully saturated rings. The van der Waals surface area contributed by atoms with Crippen LogP contribution in [-0.4, -0.2) is 25.1 Å². The molecule has 37 heavy (non-hydrogen) atoms. The molecule has 1 amide bonds. The third kappa shape index (κ3) is 4.79. The minimum atomic E-state index is -0.378. The van der Waals surface area contributed by atoms with E-state index in [1.54, 1.807) is 41.3 Å². The van der Waals surface area contributed by atoms with Crippen molar-refractivity contribution in [2.45, 2.75) is 33.7 Å². The van der Waals surface area contributed by atoms with Gasteiger partial charge in [0.1, 0.15) is 17.3 Å². The normalized spacial score (nSPS) is 11.3. The molecule has 0 aliphatic carbocycles. The lowest BCUT2D eigenvalue weighted by atomic mass is 10.1. The van der Waals surface area contributed by atoms with Crippen LogP contribution in [0.4, 0.5) is 8.78 Å². The first kappa shape index (κ1) is 24.5. The first-order valence-electron chi connectivity index (χ1n) is 11.6. The van der Waals surface area contributed by atoms with Gasteiger partial charge in [0.2, 0.25) is 5.91 Å². The van der Waals surface area contributed by atoms with Crippen molar-refractivity contribution in [1.82, 2.24) is 24.5 Å². The predicted octanol–water partition coefficient (Wildman–Crippen LogP) is 4.67. The molecule has 0 saturated heterocycles. The van der Waals surface area contributed by atoms with Crippen molar-refractivity contribution in [2.24, 2.45) is 0 Å². The van der Waals surface area contributed by atoms with Crippen LogP contribution in [-0.2, 0) is 17.8 Å². The Kier molecular flexibility index (Phi) is 6.43. The van der Waals surface area contributed by atoms with Crippen LogP contribution in [0.2, 0.25) is 0 Å². The van der Waals surface area contributed by atoms with E-state index in [2.05, 4.69) is 15.4 Å². The van der Waals surface area contributed by atoms with Crippen LogP contribution in [0.3, 0.4) is 0 Å². The number of aromatic nitrogens is 4. The van der Waals surface area contributed by atoms with Gasteiger partial charge < -0.3 is 5.32 Å². The van der Waals surface area contributed by atoms with Crippen molar-refractivity contribution in [3.05, 3.63) is 104 Å². The molecular formula is C27H23F2N5O2S. The molecule has 0 unspecified atom stereocenters. The number of rotatable bonds is 6. The fourth-order valence-electron chi connectivity index (χ4n) is 4.21. The summed E-state index contributed by atoms with van der Waals surface area (Å²) in [5.74, 6) is -0.999. The van der Waals surface area contributed by atoms with Crippen LogP contribution < -0.4 is 10.9 Å². The SMILES string of the molecule is Cc1ccc(F)cc1-n1nc(-c2c(C)nc3scc(CC(=O)NCc4ccc(F)cc4)n3c2=O)cc1C. The van der Waals surface area contributed by atoms with E-state index in [0.717, 1.165) is 16.8 Å². The molecule has 2 aromatic carbocycles. The highest BCUT2D eigenvalue weighted by Crippen LogP contribution is 2.25. The third-order valence-corrected chi connectivity index (χ3v) is 6.98. The average molecular weight is 520 g/mol. The number of nitrogens with one attached hydrogen (secondary N) is 1. The molecule has 0 bridgehead atoms. The largest absolute Gasteiger partial charge is 0.352 e. The summed E-state index contributed by atoms with van der Waals surface area (Å²) in [6.45, 7) is 5.69. The number of amides is 1. The van der Waals surface area contributed by atoms with E-state index >= 15 is 0 Å². The molecule has 188 valence electrons. The van der Waals surface area contributed by atoms with Crippen molar-refractivity contribution in [2.75, 3.05) is 0 Å². The summed E-state index contributed by atoms with van der Waals surface area (Å²) in [6.07, 6.45) is -0.0266. The van der Waals surface area contributed by atoms with Gasteiger partial charge in [0.15, 0.2) is 4.96 Å². The highest BCUT2D eigenvalue weighted by atomic mass is 32.1. The second kappa shape index (κ2) is 9.70. The van der Waals surface area contributed by atoms with Crippen molar-refractivity contribution in [1.29, 1.82) is 0 Å². The van der Waals surface area contributed by atoms with Crippen molar-refractivity contribution >= 4 is 22.2 Å². The molecule has 10 heteroatoms. The molecule has 7 nitrogen and oxygen atoms in total. The Morgan fingerprint density at radius 2 is 1.76 bits per heavy atom. The number of nitrogens with zero attached hydrogens (tertiary/aromatic N) is 4. The highest BCUT2D eigenvalue weighted by Gasteiger charge is 2.20. The fraction of sp³-hybridized carbons (Fsp3) is 0.185. The van der Waals surface area contributed by atoms with E-state index in [9.17, 15) is 18.4 Å². The zero-order chi connectivity index (χ0) is 26.3. The monoisotopic (exact) mass is 519 g/mol. The maximum absolute atomic E-state index is 13.9. The van der Waals surface area contributed by atoms with Crippen molar-refractivity contribution in [3.63, 3.8) is 0 Å². The van der Waals surface area contributed by atoms with Crippen molar-refractivity contribution in [3.8, 4) is 16.9 Å². The van der Waals surface area contributed by atoms with E-state index in [1.807, 2.05) is 13.8 Å².